The summed E-state index contributed by atoms with van der Waals surface area (Å²) in [6.45, 7) is 1.25. The number of nitrogens with zero attached hydrogens (tertiary/aromatic N) is 3. The van der Waals surface area contributed by atoms with E-state index in [4.69, 9.17) is 10.1 Å². The van der Waals surface area contributed by atoms with Crippen molar-refractivity contribution >= 4 is 28.8 Å². The van der Waals surface area contributed by atoms with Gasteiger partial charge in [-0.3, -0.25) is 28.7 Å². The van der Waals surface area contributed by atoms with E-state index in [9.17, 15) is 28.7 Å². The average Bonchev–Trinajstić information content (AvgIpc) is 3.10. The minimum atomic E-state index is -0.805. The molecular formula is C41H57FN4O6. The number of hydrogen-bond acceptors (Lipinski definition) is 6. The van der Waals surface area contributed by atoms with Gasteiger partial charge in [0.25, 0.3) is 11.5 Å². The largest absolute Gasteiger partial charge is 0.481 e. The maximum Gasteiger partial charge on any atom is 0.303 e. The summed E-state index contributed by atoms with van der Waals surface area (Å²) in [4.78, 5) is 57.3. The number of aromatic nitrogens is 2. The van der Waals surface area contributed by atoms with Crippen molar-refractivity contribution in [1.29, 1.82) is 0 Å². The van der Waals surface area contributed by atoms with Crippen LogP contribution < -0.4 is 10.9 Å². The summed E-state index contributed by atoms with van der Waals surface area (Å²) in [5.74, 6) is -1.96. The Kier molecular flexibility index (Phi) is 18.2. The molecule has 0 unspecified atom stereocenters. The van der Waals surface area contributed by atoms with E-state index in [0.29, 0.717) is 29.4 Å². The molecule has 2 amide bonds. The lowest BCUT2D eigenvalue weighted by atomic mass is 9.97. The number of likely N-dealkylation sites (N-methyl/N-ethyl adjacent to an activating group) is 1. The summed E-state index contributed by atoms with van der Waals surface area (Å²) in [6.07, 6.45) is 19.8. The molecule has 0 bridgehead atoms. The highest BCUT2D eigenvalue weighted by Gasteiger charge is 2.25. The van der Waals surface area contributed by atoms with Gasteiger partial charge in [0, 0.05) is 33.3 Å². The topological polar surface area (TPSA) is 142 Å². The fourth-order valence-electron chi connectivity index (χ4n) is 6.18. The van der Waals surface area contributed by atoms with Gasteiger partial charge >= 0.3 is 5.97 Å². The Morgan fingerprint density at radius 1 is 0.904 bits per heavy atom. The number of carbonyl (C=O) groups is 3. The summed E-state index contributed by atoms with van der Waals surface area (Å²) in [6, 6.07) is 8.00. The van der Waals surface area contributed by atoms with Gasteiger partial charge in [0.05, 0.1) is 17.1 Å². The number of fused-ring (bicyclic) bond motifs is 1. The van der Waals surface area contributed by atoms with Crippen LogP contribution in [0.2, 0.25) is 0 Å². The van der Waals surface area contributed by atoms with Crippen LogP contribution in [0.25, 0.3) is 11.0 Å². The molecule has 52 heavy (non-hydrogen) atoms. The Morgan fingerprint density at radius 2 is 1.50 bits per heavy atom. The van der Waals surface area contributed by atoms with Crippen molar-refractivity contribution in [2.24, 2.45) is 0 Å². The third kappa shape index (κ3) is 14.3. The highest BCUT2D eigenvalue weighted by Crippen LogP contribution is 2.24. The van der Waals surface area contributed by atoms with Gasteiger partial charge in [-0.05, 0) is 93.2 Å². The second-order valence-corrected chi connectivity index (χ2v) is 13.9. The lowest BCUT2D eigenvalue weighted by Crippen LogP contribution is -2.39. The Balaban J connectivity index is 1.67. The number of amides is 2. The van der Waals surface area contributed by atoms with Crippen LogP contribution in [0.1, 0.15) is 124 Å². The molecule has 3 aromatic rings. The number of aliphatic hydroxyl groups is 1. The highest BCUT2D eigenvalue weighted by molar-refractivity contribution is 5.99. The fourth-order valence-corrected chi connectivity index (χ4v) is 6.18. The van der Waals surface area contributed by atoms with E-state index in [1.54, 1.807) is 39.3 Å². The fraction of sp³-hybridized carbons (Fsp3) is 0.537. The third-order valence-electron chi connectivity index (χ3n) is 9.14. The molecule has 0 aliphatic rings. The number of halogens is 1. The minimum Gasteiger partial charge on any atom is -0.481 e. The summed E-state index contributed by atoms with van der Waals surface area (Å²) in [5, 5.41) is 21.2. The second kappa shape index (κ2) is 22.5. The first kappa shape index (κ1) is 42.0. The number of carboxylic acids is 1. The van der Waals surface area contributed by atoms with E-state index in [2.05, 4.69) is 17.5 Å². The van der Waals surface area contributed by atoms with Gasteiger partial charge < -0.3 is 20.4 Å². The lowest BCUT2D eigenvalue weighted by molar-refractivity contribution is -0.137. The zero-order chi connectivity index (χ0) is 37.9. The number of hydrogen-bond donors (Lipinski definition) is 3. The molecule has 0 saturated heterocycles. The van der Waals surface area contributed by atoms with Crippen LogP contribution in [-0.2, 0) is 29.0 Å². The predicted octanol–water partition coefficient (Wildman–Crippen LogP) is 6.97. The smallest absolute Gasteiger partial charge is 0.303 e. The molecule has 3 N–H and O–H groups in total. The lowest BCUT2D eigenvalue weighted by Gasteiger charge is -2.19. The van der Waals surface area contributed by atoms with E-state index in [0.717, 1.165) is 94.6 Å². The van der Waals surface area contributed by atoms with E-state index in [1.807, 2.05) is 6.07 Å². The molecular weight excluding hydrogens is 663 g/mol. The first-order valence-corrected chi connectivity index (χ1v) is 18.8. The predicted molar refractivity (Wildman–Crippen MR) is 203 cm³/mol. The number of rotatable bonds is 24. The second-order valence-electron chi connectivity index (χ2n) is 13.9. The summed E-state index contributed by atoms with van der Waals surface area (Å²) in [7, 11) is 3.21. The summed E-state index contributed by atoms with van der Waals surface area (Å²) < 4.78 is 14.9. The van der Waals surface area contributed by atoms with Crippen molar-refractivity contribution in [1.82, 2.24) is 19.8 Å². The first-order valence-electron chi connectivity index (χ1n) is 18.8. The number of aliphatic carboxylic acids is 1. The number of pyridine rings is 2. The molecule has 2 aromatic heterocycles. The number of carbonyl (C=O) groups excluding carboxylic acids is 2. The van der Waals surface area contributed by atoms with E-state index in [1.165, 1.54) is 21.6 Å². The van der Waals surface area contributed by atoms with Gasteiger partial charge in [-0.25, -0.2) is 4.39 Å². The molecule has 2 heterocycles. The normalized spacial score (nSPS) is 12.0. The SMILES string of the molecule is C[C@@H](O)CNC(=O)c1c(CCCCCCCC/C=C\CCCCCCCC(=O)O)c2ncc(Cc3ccc(F)cc3)cc2n(CC(=O)N(C)C)c1=O. The maximum absolute atomic E-state index is 14.1. The molecule has 0 spiro atoms. The Labute approximate surface area is 307 Å². The van der Waals surface area contributed by atoms with Gasteiger partial charge in [-0.1, -0.05) is 69.2 Å². The van der Waals surface area contributed by atoms with Crippen LogP contribution in [0, 0.1) is 5.82 Å². The molecule has 0 saturated carbocycles. The van der Waals surface area contributed by atoms with Gasteiger partial charge in [0.15, 0.2) is 0 Å². The Morgan fingerprint density at radius 3 is 2.10 bits per heavy atom. The molecule has 10 nitrogen and oxygen atoms in total. The molecule has 3 rings (SSSR count). The van der Waals surface area contributed by atoms with Crippen LogP contribution in [0.3, 0.4) is 0 Å². The molecule has 0 aliphatic heterocycles. The van der Waals surface area contributed by atoms with Crippen LogP contribution in [0.4, 0.5) is 4.39 Å². The van der Waals surface area contributed by atoms with E-state index in [-0.39, 0.29) is 36.8 Å². The van der Waals surface area contributed by atoms with Crippen LogP contribution >= 0.6 is 0 Å². The minimum absolute atomic E-state index is 0.0260. The summed E-state index contributed by atoms with van der Waals surface area (Å²) in [5.41, 5.74) is 2.50. The monoisotopic (exact) mass is 720 g/mol. The molecule has 11 heteroatoms. The standard InChI is InChI=1S/C41H57FN4O6/c1-30(47)27-44-40(51)38-34(19-17-15-13-11-9-7-5-4-6-8-10-12-14-16-18-20-37(49)50)39-35(46(41(38)52)29-36(48)45(2)3)26-32(28-43-39)25-31-21-23-33(42)24-22-31/h4,6,21-24,26,28,30,47H,5,7-20,25,27,29H2,1-3H3,(H,44,51)(H,49,50)/b6-4-/t30-/m1/s1. The van der Waals surface area contributed by atoms with Crippen molar-refractivity contribution in [3.05, 3.63) is 87.1 Å². The molecule has 1 aromatic carbocycles. The van der Waals surface area contributed by atoms with Crippen LogP contribution in [0.15, 0.2) is 53.5 Å². The molecule has 0 radical (unpaired) electrons. The van der Waals surface area contributed by atoms with Crippen molar-refractivity contribution in [3.63, 3.8) is 0 Å². The number of allylic oxidation sites excluding steroid dienone is 2. The number of carboxylic acid groups (broad SMARTS) is 1. The Hall–Kier alpha value is -4.38. The van der Waals surface area contributed by atoms with Gasteiger partial charge in [-0.15, -0.1) is 0 Å². The van der Waals surface area contributed by atoms with E-state index >= 15 is 0 Å². The van der Waals surface area contributed by atoms with Crippen molar-refractivity contribution < 1.29 is 29.0 Å². The zero-order valence-corrected chi connectivity index (χ0v) is 31.2. The van der Waals surface area contributed by atoms with Crippen LogP contribution in [0.5, 0.6) is 0 Å². The number of aliphatic hydroxyl groups excluding tert-OH is 1. The number of nitrogens with one attached hydrogen (secondary N) is 1. The molecule has 0 fully saturated rings. The van der Waals surface area contributed by atoms with Gasteiger partial charge in [-0.2, -0.15) is 0 Å². The quantitative estimate of drug-likeness (QED) is 0.0671. The number of benzene rings is 1. The van der Waals surface area contributed by atoms with Crippen molar-refractivity contribution in [2.75, 3.05) is 20.6 Å². The zero-order valence-electron chi connectivity index (χ0n) is 31.2. The summed E-state index contributed by atoms with van der Waals surface area (Å²) >= 11 is 0. The highest BCUT2D eigenvalue weighted by atomic mass is 19.1. The van der Waals surface area contributed by atoms with E-state index < -0.39 is 23.5 Å². The van der Waals surface area contributed by atoms with Crippen LogP contribution in [-0.4, -0.2) is 69.2 Å². The first-order chi connectivity index (χ1) is 25.0. The third-order valence-corrected chi connectivity index (χ3v) is 9.14. The van der Waals surface area contributed by atoms with Crippen molar-refractivity contribution in [2.45, 2.75) is 122 Å². The molecule has 0 aliphatic carbocycles. The van der Waals surface area contributed by atoms with Gasteiger partial charge in [0.1, 0.15) is 17.9 Å². The molecule has 1 atom stereocenters. The maximum atomic E-state index is 14.1. The Bertz CT molecular complexity index is 1680. The number of unbranched alkanes of at least 4 members (excludes halogenated alkanes) is 11. The average molecular weight is 721 g/mol. The van der Waals surface area contributed by atoms with Gasteiger partial charge in [0.2, 0.25) is 5.91 Å². The number of aryl methyl sites for hydroxylation is 1. The molecule has 284 valence electrons. The van der Waals surface area contributed by atoms with Crippen molar-refractivity contribution in [3.8, 4) is 0 Å².